The third-order valence-electron chi connectivity index (χ3n) is 6.14. The van der Waals surface area contributed by atoms with Crippen LogP contribution in [0.2, 0.25) is 0 Å². The quantitative estimate of drug-likeness (QED) is 0.105. The minimum Gasteiger partial charge on any atom is -0.445 e. The monoisotopic (exact) mass is 524 g/mol. The van der Waals surface area contributed by atoms with Crippen molar-refractivity contribution in [2.24, 2.45) is 0 Å². The van der Waals surface area contributed by atoms with Gasteiger partial charge in [-0.1, -0.05) is 30.3 Å². The Labute approximate surface area is 220 Å². The van der Waals surface area contributed by atoms with Crippen molar-refractivity contribution in [1.82, 2.24) is 0 Å². The second kappa shape index (κ2) is 10.1. The van der Waals surface area contributed by atoms with Crippen molar-refractivity contribution in [2.75, 3.05) is 4.90 Å². The topological polar surface area (TPSA) is 124 Å². The molecule has 4 aromatic carbocycles. The molecule has 1 atom stereocenters. The van der Waals surface area contributed by atoms with Crippen LogP contribution in [0.1, 0.15) is 53.1 Å². The van der Waals surface area contributed by atoms with E-state index in [0.717, 1.165) is 17.0 Å². The third kappa shape index (κ3) is 4.78. The van der Waals surface area contributed by atoms with Crippen molar-refractivity contribution in [2.45, 2.75) is 6.10 Å². The summed E-state index contributed by atoms with van der Waals surface area (Å²) in [6, 6.07) is 21.7. The molecule has 0 spiro atoms. The van der Waals surface area contributed by atoms with Gasteiger partial charge in [0.2, 0.25) is 5.78 Å². The predicted octanol–water partition coefficient (Wildman–Crippen LogP) is 5.32. The van der Waals surface area contributed by atoms with Gasteiger partial charge in [-0.3, -0.25) is 24.5 Å². The van der Waals surface area contributed by atoms with E-state index in [0.29, 0.717) is 0 Å². The van der Waals surface area contributed by atoms with Crippen molar-refractivity contribution in [3.05, 3.63) is 141 Å². The smallest absolute Gasteiger partial charge is 0.339 e. The molecule has 0 unspecified atom stereocenters. The normalized spacial score (nSPS) is 13.1. The van der Waals surface area contributed by atoms with Crippen LogP contribution in [0.3, 0.4) is 0 Å². The lowest BCUT2D eigenvalue weighted by atomic mass is 9.99. The molecule has 4 aromatic rings. The lowest BCUT2D eigenvalue weighted by molar-refractivity contribution is -0.384. The number of carbonyl (C=O) groups excluding carboxylic acids is 4. The summed E-state index contributed by atoms with van der Waals surface area (Å²) in [6.07, 6.45) is -1.44. The number of nitro groups is 1. The minimum absolute atomic E-state index is 0.0492. The van der Waals surface area contributed by atoms with Crippen molar-refractivity contribution < 1.29 is 33.2 Å². The van der Waals surface area contributed by atoms with Crippen LogP contribution in [0.15, 0.2) is 97.1 Å². The first-order valence-corrected chi connectivity index (χ1v) is 11.6. The van der Waals surface area contributed by atoms with E-state index < -0.39 is 40.4 Å². The van der Waals surface area contributed by atoms with Crippen LogP contribution in [0.5, 0.6) is 0 Å². The Balaban J connectivity index is 1.45. The van der Waals surface area contributed by atoms with Crippen molar-refractivity contribution in [3.8, 4) is 0 Å². The molecule has 0 saturated carbocycles. The standard InChI is InChI=1S/C29H17FN2O7/c30-20-9-13-21(14-10-20)31-27(34)23-15-8-19(16-24(23)28(31)35)29(36)39-26(25(33)17-4-2-1-3-5-17)18-6-11-22(12-7-18)32(37)38/h1-16,26H/t26-/m0/s1. The molecule has 0 aromatic heterocycles. The van der Waals surface area contributed by atoms with Gasteiger partial charge in [0.1, 0.15) is 5.82 Å². The first-order chi connectivity index (χ1) is 18.7. The highest BCUT2D eigenvalue weighted by Gasteiger charge is 2.37. The van der Waals surface area contributed by atoms with Gasteiger partial charge in [0.05, 0.1) is 27.3 Å². The number of hydrogen-bond acceptors (Lipinski definition) is 7. The van der Waals surface area contributed by atoms with Crippen molar-refractivity contribution >= 4 is 34.9 Å². The summed E-state index contributed by atoms with van der Waals surface area (Å²) >= 11 is 0. The minimum atomic E-state index is -1.44. The number of fused-ring (bicyclic) bond motifs is 1. The first kappa shape index (κ1) is 25.2. The number of ether oxygens (including phenoxy) is 1. The number of ketones is 1. The molecular formula is C29H17FN2O7. The van der Waals surface area contributed by atoms with E-state index in [4.69, 9.17) is 4.74 Å². The van der Waals surface area contributed by atoms with E-state index in [-0.39, 0.29) is 39.2 Å². The lowest BCUT2D eigenvalue weighted by Gasteiger charge is -2.17. The highest BCUT2D eigenvalue weighted by Crippen LogP contribution is 2.31. The number of imide groups is 1. The highest BCUT2D eigenvalue weighted by atomic mass is 19.1. The molecule has 10 heteroatoms. The molecule has 1 heterocycles. The molecule has 192 valence electrons. The van der Waals surface area contributed by atoms with Gasteiger partial charge in [-0.15, -0.1) is 0 Å². The number of carbonyl (C=O) groups is 4. The van der Waals surface area contributed by atoms with Crippen LogP contribution in [-0.4, -0.2) is 28.5 Å². The number of esters is 1. The Kier molecular flexibility index (Phi) is 6.51. The number of benzene rings is 4. The number of amides is 2. The zero-order chi connectivity index (χ0) is 27.7. The number of rotatable bonds is 7. The summed E-state index contributed by atoms with van der Waals surface area (Å²) in [7, 11) is 0. The predicted molar refractivity (Wildman–Crippen MR) is 136 cm³/mol. The first-order valence-electron chi connectivity index (χ1n) is 11.6. The molecule has 0 aliphatic carbocycles. The van der Waals surface area contributed by atoms with E-state index in [1.807, 2.05) is 0 Å². The summed E-state index contributed by atoms with van der Waals surface area (Å²) in [5.41, 5.74) is 0.315. The van der Waals surface area contributed by atoms with Gasteiger partial charge < -0.3 is 4.74 Å². The zero-order valence-electron chi connectivity index (χ0n) is 19.9. The Morgan fingerprint density at radius 3 is 2.08 bits per heavy atom. The molecule has 0 saturated heterocycles. The fraction of sp³-hybridized carbons (Fsp3) is 0.0345. The SMILES string of the molecule is O=C(O[C@H](C(=O)c1ccccc1)c1ccc([N+](=O)[O-])cc1)c1ccc2c(c1)C(=O)N(c1ccc(F)cc1)C2=O. The molecule has 0 bridgehead atoms. The second-order valence-electron chi connectivity index (χ2n) is 8.55. The Bertz CT molecular complexity index is 1640. The molecule has 2 amide bonds. The number of anilines is 1. The molecule has 0 radical (unpaired) electrons. The fourth-order valence-electron chi connectivity index (χ4n) is 4.17. The van der Waals surface area contributed by atoms with E-state index in [1.165, 1.54) is 66.7 Å². The van der Waals surface area contributed by atoms with Gasteiger partial charge in [-0.05, 0) is 54.6 Å². The summed E-state index contributed by atoms with van der Waals surface area (Å²) < 4.78 is 18.9. The Morgan fingerprint density at radius 2 is 1.44 bits per heavy atom. The summed E-state index contributed by atoms with van der Waals surface area (Å²) in [5, 5.41) is 11.1. The third-order valence-corrected chi connectivity index (χ3v) is 6.14. The molecule has 0 N–H and O–H groups in total. The number of Topliss-reactive ketones (excluding diaryl/α,β-unsaturated/α-hetero) is 1. The van der Waals surface area contributed by atoms with E-state index in [1.54, 1.807) is 18.2 Å². The second-order valence-corrected chi connectivity index (χ2v) is 8.55. The molecule has 9 nitrogen and oxygen atoms in total. The van der Waals surface area contributed by atoms with Crippen molar-refractivity contribution in [1.29, 1.82) is 0 Å². The molecule has 0 fully saturated rings. The lowest BCUT2D eigenvalue weighted by Crippen LogP contribution is -2.29. The fourth-order valence-corrected chi connectivity index (χ4v) is 4.17. The van der Waals surface area contributed by atoms with Crippen LogP contribution < -0.4 is 4.90 Å². The number of non-ortho nitro benzene ring substituents is 1. The Morgan fingerprint density at radius 1 is 0.795 bits per heavy atom. The average Bonchev–Trinajstić information content (AvgIpc) is 3.21. The number of hydrogen-bond donors (Lipinski definition) is 0. The maximum Gasteiger partial charge on any atom is 0.339 e. The Hall–Kier alpha value is -5.51. The largest absolute Gasteiger partial charge is 0.445 e. The van der Waals surface area contributed by atoms with Crippen LogP contribution in [-0.2, 0) is 4.74 Å². The van der Waals surface area contributed by atoms with Gasteiger partial charge in [-0.2, -0.15) is 0 Å². The number of halogens is 1. The van der Waals surface area contributed by atoms with E-state index >= 15 is 0 Å². The summed E-state index contributed by atoms with van der Waals surface area (Å²) in [4.78, 5) is 63.7. The van der Waals surface area contributed by atoms with Gasteiger partial charge in [0.25, 0.3) is 17.5 Å². The molecule has 5 rings (SSSR count). The van der Waals surface area contributed by atoms with Crippen LogP contribution in [0.25, 0.3) is 0 Å². The van der Waals surface area contributed by atoms with Gasteiger partial charge in [-0.25, -0.2) is 14.1 Å². The molecule has 1 aliphatic heterocycles. The molecule has 1 aliphatic rings. The van der Waals surface area contributed by atoms with Gasteiger partial charge in [0, 0.05) is 23.3 Å². The maximum absolute atomic E-state index is 13.3. The molecule has 39 heavy (non-hydrogen) atoms. The highest BCUT2D eigenvalue weighted by molar-refractivity contribution is 6.34. The van der Waals surface area contributed by atoms with E-state index in [9.17, 15) is 33.7 Å². The number of nitro benzene ring substituents is 1. The summed E-state index contributed by atoms with van der Waals surface area (Å²) in [5.74, 6) is -3.39. The van der Waals surface area contributed by atoms with Crippen LogP contribution in [0, 0.1) is 15.9 Å². The zero-order valence-corrected chi connectivity index (χ0v) is 19.9. The van der Waals surface area contributed by atoms with Gasteiger partial charge in [0.15, 0.2) is 6.10 Å². The number of nitrogens with zero attached hydrogens (tertiary/aromatic N) is 2. The van der Waals surface area contributed by atoms with Gasteiger partial charge >= 0.3 is 5.97 Å². The maximum atomic E-state index is 13.3. The van der Waals surface area contributed by atoms with Crippen molar-refractivity contribution in [3.63, 3.8) is 0 Å². The van der Waals surface area contributed by atoms with E-state index in [2.05, 4.69) is 0 Å². The van der Waals surface area contributed by atoms with Crippen LogP contribution >= 0.6 is 0 Å². The molecular weight excluding hydrogens is 507 g/mol. The summed E-state index contributed by atoms with van der Waals surface area (Å²) in [6.45, 7) is 0. The van der Waals surface area contributed by atoms with Crippen LogP contribution in [0.4, 0.5) is 15.8 Å². The average molecular weight is 524 g/mol.